The molecule has 1 heterocycles. The highest BCUT2D eigenvalue weighted by Crippen LogP contribution is 2.20. The van der Waals surface area contributed by atoms with Gasteiger partial charge in [-0.05, 0) is 19.1 Å². The Morgan fingerprint density at radius 2 is 2.00 bits per heavy atom. The van der Waals surface area contributed by atoms with Gasteiger partial charge in [0.1, 0.15) is 5.78 Å². The summed E-state index contributed by atoms with van der Waals surface area (Å²) in [5, 5.41) is 3.65. The molecule has 1 aromatic heterocycles. The Morgan fingerprint density at radius 1 is 1.24 bits per heavy atom. The quantitative estimate of drug-likeness (QED) is 0.819. The zero-order chi connectivity index (χ0) is 12.3. The molecule has 0 fully saturated rings. The second-order valence-corrected chi connectivity index (χ2v) is 3.81. The predicted molar refractivity (Wildman–Crippen MR) is 65.7 cm³/mol. The van der Waals surface area contributed by atoms with Crippen LogP contribution in [0.2, 0.25) is 0 Å². The molecular weight excluding hydrogens is 216 g/mol. The van der Waals surface area contributed by atoms with E-state index in [4.69, 9.17) is 0 Å². The van der Waals surface area contributed by atoms with E-state index in [9.17, 15) is 9.59 Å². The standard InChI is InChI=1S/C13H12N2O2/c1-9(16)8-12(17)15-11-6-2-4-10-5-3-7-14-13(10)11/h2-7H,8H2,1H3,(H,15,17). The van der Waals surface area contributed by atoms with Gasteiger partial charge in [-0.1, -0.05) is 18.2 Å². The minimum atomic E-state index is -0.310. The third-order valence-electron chi connectivity index (χ3n) is 2.32. The van der Waals surface area contributed by atoms with Gasteiger partial charge >= 0.3 is 0 Å². The minimum Gasteiger partial charge on any atom is -0.324 e. The molecule has 0 atom stereocenters. The normalized spacial score (nSPS) is 10.2. The molecule has 1 aromatic carbocycles. The molecule has 0 radical (unpaired) electrons. The number of anilines is 1. The molecule has 86 valence electrons. The van der Waals surface area contributed by atoms with Gasteiger partial charge < -0.3 is 5.32 Å². The summed E-state index contributed by atoms with van der Waals surface area (Å²) in [5.74, 6) is -0.466. The number of pyridine rings is 1. The summed E-state index contributed by atoms with van der Waals surface area (Å²) in [4.78, 5) is 26.6. The maximum absolute atomic E-state index is 11.5. The summed E-state index contributed by atoms with van der Waals surface area (Å²) in [7, 11) is 0. The number of fused-ring (bicyclic) bond motifs is 1. The lowest BCUT2D eigenvalue weighted by atomic mass is 10.2. The Hall–Kier alpha value is -2.23. The van der Waals surface area contributed by atoms with Crippen LogP contribution in [0, 0.1) is 0 Å². The zero-order valence-electron chi connectivity index (χ0n) is 9.43. The lowest BCUT2D eigenvalue weighted by Gasteiger charge is -2.06. The van der Waals surface area contributed by atoms with Crippen LogP contribution in [-0.2, 0) is 9.59 Å². The van der Waals surface area contributed by atoms with Crippen molar-refractivity contribution in [1.29, 1.82) is 0 Å². The van der Waals surface area contributed by atoms with E-state index in [1.54, 1.807) is 12.3 Å². The van der Waals surface area contributed by atoms with Crippen LogP contribution in [0.25, 0.3) is 10.9 Å². The van der Waals surface area contributed by atoms with Crippen LogP contribution in [0.1, 0.15) is 13.3 Å². The number of carbonyl (C=O) groups is 2. The number of nitrogens with zero attached hydrogens (tertiary/aromatic N) is 1. The molecule has 0 bridgehead atoms. The molecule has 4 nitrogen and oxygen atoms in total. The fourth-order valence-electron chi connectivity index (χ4n) is 1.63. The summed E-state index contributed by atoms with van der Waals surface area (Å²) in [6.07, 6.45) is 1.56. The lowest BCUT2D eigenvalue weighted by Crippen LogP contribution is -2.15. The summed E-state index contributed by atoms with van der Waals surface area (Å²) in [6.45, 7) is 1.39. The first-order chi connectivity index (χ1) is 8.16. The summed E-state index contributed by atoms with van der Waals surface area (Å²) in [6, 6.07) is 9.29. The minimum absolute atomic E-state index is 0.108. The first-order valence-corrected chi connectivity index (χ1v) is 5.30. The van der Waals surface area contributed by atoms with Gasteiger partial charge in [-0.15, -0.1) is 0 Å². The van der Waals surface area contributed by atoms with E-state index in [1.807, 2.05) is 24.3 Å². The Kier molecular flexibility index (Phi) is 3.14. The molecule has 0 saturated heterocycles. The first kappa shape index (κ1) is 11.3. The number of amides is 1. The highest BCUT2D eigenvalue weighted by atomic mass is 16.2. The smallest absolute Gasteiger partial charge is 0.231 e. The Balaban J connectivity index is 2.30. The number of hydrogen-bond donors (Lipinski definition) is 1. The van der Waals surface area contributed by atoms with Crippen molar-refractivity contribution < 1.29 is 9.59 Å². The molecular formula is C13H12N2O2. The van der Waals surface area contributed by atoms with Crippen LogP contribution in [0.3, 0.4) is 0 Å². The number of benzene rings is 1. The van der Waals surface area contributed by atoms with Crippen LogP contribution < -0.4 is 5.32 Å². The van der Waals surface area contributed by atoms with Gasteiger partial charge in [-0.2, -0.15) is 0 Å². The van der Waals surface area contributed by atoms with Crippen LogP contribution in [-0.4, -0.2) is 16.7 Å². The number of para-hydroxylation sites is 1. The molecule has 2 aromatic rings. The molecule has 2 rings (SSSR count). The van der Waals surface area contributed by atoms with Gasteiger partial charge in [0.25, 0.3) is 0 Å². The van der Waals surface area contributed by atoms with Crippen molar-refractivity contribution in [1.82, 2.24) is 4.98 Å². The lowest BCUT2D eigenvalue weighted by molar-refractivity contribution is -0.124. The van der Waals surface area contributed by atoms with Crippen molar-refractivity contribution in [3.05, 3.63) is 36.5 Å². The van der Waals surface area contributed by atoms with Crippen LogP contribution in [0.15, 0.2) is 36.5 Å². The maximum Gasteiger partial charge on any atom is 0.231 e. The number of carbonyl (C=O) groups excluding carboxylic acids is 2. The van der Waals surface area contributed by atoms with Gasteiger partial charge in [0.2, 0.25) is 5.91 Å². The third-order valence-corrected chi connectivity index (χ3v) is 2.32. The summed E-state index contributed by atoms with van der Waals surface area (Å²) in [5.41, 5.74) is 1.36. The molecule has 1 amide bonds. The Morgan fingerprint density at radius 3 is 2.76 bits per heavy atom. The third kappa shape index (κ3) is 2.66. The monoisotopic (exact) mass is 228 g/mol. The molecule has 4 heteroatoms. The Labute approximate surface area is 98.7 Å². The molecule has 0 unspecified atom stereocenters. The first-order valence-electron chi connectivity index (χ1n) is 5.30. The van der Waals surface area contributed by atoms with Gasteiger partial charge in [0.05, 0.1) is 17.6 Å². The van der Waals surface area contributed by atoms with E-state index < -0.39 is 0 Å². The van der Waals surface area contributed by atoms with Crippen molar-refractivity contribution in [3.8, 4) is 0 Å². The molecule has 0 aliphatic heterocycles. The average Bonchev–Trinajstić information content (AvgIpc) is 2.28. The number of rotatable bonds is 3. The predicted octanol–water partition coefficient (Wildman–Crippen LogP) is 2.15. The van der Waals surface area contributed by atoms with E-state index in [2.05, 4.69) is 10.3 Å². The fourth-order valence-corrected chi connectivity index (χ4v) is 1.63. The zero-order valence-corrected chi connectivity index (χ0v) is 9.43. The van der Waals surface area contributed by atoms with Crippen molar-refractivity contribution in [2.75, 3.05) is 5.32 Å². The van der Waals surface area contributed by atoms with E-state index >= 15 is 0 Å². The van der Waals surface area contributed by atoms with Crippen LogP contribution in [0.5, 0.6) is 0 Å². The average molecular weight is 228 g/mol. The molecule has 0 spiro atoms. The van der Waals surface area contributed by atoms with Gasteiger partial charge in [-0.3, -0.25) is 14.6 Å². The van der Waals surface area contributed by atoms with E-state index in [0.29, 0.717) is 5.69 Å². The van der Waals surface area contributed by atoms with Crippen molar-refractivity contribution >= 4 is 28.3 Å². The molecule has 0 aliphatic carbocycles. The SMILES string of the molecule is CC(=O)CC(=O)Nc1cccc2cccnc12. The summed E-state index contributed by atoms with van der Waals surface area (Å²) >= 11 is 0. The van der Waals surface area contributed by atoms with E-state index in [0.717, 1.165) is 10.9 Å². The highest BCUT2D eigenvalue weighted by molar-refractivity contribution is 6.06. The van der Waals surface area contributed by atoms with Gasteiger partial charge in [-0.25, -0.2) is 0 Å². The van der Waals surface area contributed by atoms with Crippen molar-refractivity contribution in [2.45, 2.75) is 13.3 Å². The van der Waals surface area contributed by atoms with Crippen molar-refractivity contribution in [2.24, 2.45) is 0 Å². The second-order valence-electron chi connectivity index (χ2n) is 3.81. The Bertz CT molecular complexity index is 573. The largest absolute Gasteiger partial charge is 0.324 e. The van der Waals surface area contributed by atoms with Crippen LogP contribution >= 0.6 is 0 Å². The number of ketones is 1. The van der Waals surface area contributed by atoms with Crippen LogP contribution in [0.4, 0.5) is 5.69 Å². The topological polar surface area (TPSA) is 59.1 Å². The maximum atomic E-state index is 11.5. The molecule has 0 aliphatic rings. The molecule has 0 saturated carbocycles. The number of hydrogen-bond acceptors (Lipinski definition) is 3. The number of Topliss-reactive ketones (excluding diaryl/α,β-unsaturated/α-hetero) is 1. The van der Waals surface area contributed by atoms with E-state index in [-0.39, 0.29) is 18.1 Å². The van der Waals surface area contributed by atoms with Gasteiger partial charge in [0.15, 0.2) is 0 Å². The number of aromatic nitrogens is 1. The summed E-state index contributed by atoms with van der Waals surface area (Å²) < 4.78 is 0. The molecule has 17 heavy (non-hydrogen) atoms. The van der Waals surface area contributed by atoms with Crippen molar-refractivity contribution in [3.63, 3.8) is 0 Å². The second kappa shape index (κ2) is 4.74. The van der Waals surface area contributed by atoms with Gasteiger partial charge in [0, 0.05) is 11.6 Å². The number of nitrogens with one attached hydrogen (secondary N) is 1. The fraction of sp³-hybridized carbons (Fsp3) is 0.154. The highest BCUT2D eigenvalue weighted by Gasteiger charge is 2.08. The molecule has 1 N–H and O–H groups in total. The van der Waals surface area contributed by atoms with E-state index in [1.165, 1.54) is 6.92 Å².